The molecule has 1 heterocycles. The molecular formula is C11H16N2O4. The van der Waals surface area contributed by atoms with E-state index in [-0.39, 0.29) is 24.8 Å². The Morgan fingerprint density at radius 1 is 1.53 bits per heavy atom. The average molecular weight is 240 g/mol. The van der Waals surface area contributed by atoms with Crippen molar-refractivity contribution >= 4 is 12.0 Å². The van der Waals surface area contributed by atoms with E-state index in [1.807, 2.05) is 13.8 Å². The smallest absolute Gasteiger partial charge is 0.404 e. The number of amides is 2. The summed E-state index contributed by atoms with van der Waals surface area (Å²) in [5.74, 6) is 0.725. The maximum Gasteiger partial charge on any atom is 0.404 e. The van der Waals surface area contributed by atoms with Gasteiger partial charge in [0.25, 0.3) is 5.91 Å². The highest BCUT2D eigenvalue weighted by Gasteiger charge is 2.12. The summed E-state index contributed by atoms with van der Waals surface area (Å²) in [7, 11) is 0. The molecule has 0 saturated heterocycles. The van der Waals surface area contributed by atoms with Gasteiger partial charge >= 0.3 is 6.09 Å². The molecule has 94 valence electrons. The van der Waals surface area contributed by atoms with E-state index in [1.165, 1.54) is 0 Å². The van der Waals surface area contributed by atoms with Gasteiger partial charge in [-0.3, -0.25) is 4.79 Å². The highest BCUT2D eigenvalue weighted by atomic mass is 16.5. The minimum atomic E-state index is -0.860. The molecule has 6 nitrogen and oxygen atoms in total. The van der Waals surface area contributed by atoms with Crippen molar-refractivity contribution in [1.29, 1.82) is 0 Å². The molecule has 0 bridgehead atoms. The monoisotopic (exact) mass is 240 g/mol. The Hall–Kier alpha value is -1.98. The van der Waals surface area contributed by atoms with Crippen LogP contribution in [0.25, 0.3) is 0 Å². The number of rotatable bonds is 5. The summed E-state index contributed by atoms with van der Waals surface area (Å²) in [4.78, 5) is 21.9. The first-order chi connectivity index (χ1) is 8.04. The number of carbonyl (C=O) groups is 2. The van der Waals surface area contributed by atoms with Crippen LogP contribution >= 0.6 is 0 Å². The third-order valence-corrected chi connectivity index (χ3v) is 2.20. The van der Waals surface area contributed by atoms with Crippen LogP contribution in [0.1, 0.15) is 28.8 Å². The van der Waals surface area contributed by atoms with Crippen molar-refractivity contribution in [3.05, 3.63) is 23.2 Å². The Bertz CT molecular complexity index is 412. The maximum absolute atomic E-state index is 11.6. The number of aryl methyl sites for hydroxylation is 2. The number of carbonyl (C=O) groups excluding carboxylic acids is 2. The Kier molecular flexibility index (Phi) is 4.56. The van der Waals surface area contributed by atoms with Gasteiger partial charge in [-0.2, -0.15) is 0 Å². The van der Waals surface area contributed by atoms with Crippen molar-refractivity contribution in [2.75, 3.05) is 13.2 Å². The minimum Gasteiger partial charge on any atom is -0.456 e. The summed E-state index contributed by atoms with van der Waals surface area (Å²) in [6.45, 7) is 4.08. The molecule has 0 aliphatic rings. The predicted octanol–water partition coefficient (Wildman–Crippen LogP) is 0.976. The van der Waals surface area contributed by atoms with Crippen LogP contribution in [0.3, 0.4) is 0 Å². The number of primary amides is 1. The number of ether oxygens (including phenoxy) is 1. The molecule has 0 saturated carbocycles. The quantitative estimate of drug-likeness (QED) is 0.750. The lowest BCUT2D eigenvalue weighted by molar-refractivity contribution is 0.0908. The van der Waals surface area contributed by atoms with Crippen molar-refractivity contribution < 1.29 is 18.7 Å². The molecule has 3 N–H and O–H groups in total. The van der Waals surface area contributed by atoms with E-state index < -0.39 is 6.09 Å². The van der Waals surface area contributed by atoms with Crippen LogP contribution in [-0.2, 0) is 11.2 Å². The molecule has 17 heavy (non-hydrogen) atoms. The van der Waals surface area contributed by atoms with Gasteiger partial charge in [0.2, 0.25) is 0 Å². The lowest BCUT2D eigenvalue weighted by atomic mass is 10.2. The molecular weight excluding hydrogens is 224 g/mol. The van der Waals surface area contributed by atoms with E-state index in [1.54, 1.807) is 6.07 Å². The fraction of sp³-hybridized carbons (Fsp3) is 0.455. The third-order valence-electron chi connectivity index (χ3n) is 2.20. The zero-order valence-electron chi connectivity index (χ0n) is 9.91. The van der Waals surface area contributed by atoms with E-state index >= 15 is 0 Å². The SMILES string of the molecule is CCc1oc(C(=O)NCCOC(N)=O)cc1C. The van der Waals surface area contributed by atoms with Crippen LogP contribution in [0, 0.1) is 6.92 Å². The second-order valence-electron chi connectivity index (χ2n) is 3.49. The standard InChI is InChI=1S/C11H16N2O4/c1-3-8-7(2)6-9(17-8)10(14)13-4-5-16-11(12)15/h6H,3-5H2,1-2H3,(H2,12,15)(H,13,14). The van der Waals surface area contributed by atoms with Crippen molar-refractivity contribution in [2.45, 2.75) is 20.3 Å². The van der Waals surface area contributed by atoms with Gasteiger partial charge in [-0.25, -0.2) is 4.79 Å². The third kappa shape index (κ3) is 3.82. The average Bonchev–Trinajstić information content (AvgIpc) is 2.65. The van der Waals surface area contributed by atoms with E-state index in [4.69, 9.17) is 10.2 Å². The predicted molar refractivity (Wildman–Crippen MR) is 60.7 cm³/mol. The summed E-state index contributed by atoms with van der Waals surface area (Å²) in [6.07, 6.45) is -0.120. The molecule has 1 rings (SSSR count). The molecule has 0 aliphatic carbocycles. The molecule has 0 atom stereocenters. The number of nitrogens with two attached hydrogens (primary N) is 1. The van der Waals surface area contributed by atoms with Crippen molar-refractivity contribution in [1.82, 2.24) is 5.32 Å². The molecule has 0 spiro atoms. The lowest BCUT2D eigenvalue weighted by Gasteiger charge is -2.02. The minimum absolute atomic E-state index is 0.0431. The zero-order valence-corrected chi connectivity index (χ0v) is 9.91. The molecule has 6 heteroatoms. The number of furan rings is 1. The van der Waals surface area contributed by atoms with Crippen LogP contribution in [0.4, 0.5) is 4.79 Å². The van der Waals surface area contributed by atoms with Crippen LogP contribution in [0.15, 0.2) is 10.5 Å². The Labute approximate surface area is 99.1 Å². The zero-order chi connectivity index (χ0) is 12.8. The summed E-state index contributed by atoms with van der Waals surface area (Å²) in [5.41, 5.74) is 5.72. The highest BCUT2D eigenvalue weighted by Crippen LogP contribution is 2.14. The van der Waals surface area contributed by atoms with Crippen LogP contribution < -0.4 is 11.1 Å². The Morgan fingerprint density at radius 2 is 2.24 bits per heavy atom. The van der Waals surface area contributed by atoms with E-state index in [9.17, 15) is 9.59 Å². The van der Waals surface area contributed by atoms with Crippen LogP contribution in [0.2, 0.25) is 0 Å². The van der Waals surface area contributed by atoms with Gasteiger partial charge < -0.3 is 20.2 Å². The lowest BCUT2D eigenvalue weighted by Crippen LogP contribution is -2.28. The second-order valence-corrected chi connectivity index (χ2v) is 3.49. The van der Waals surface area contributed by atoms with Crippen LogP contribution in [-0.4, -0.2) is 25.2 Å². The van der Waals surface area contributed by atoms with Gasteiger partial charge in [0.05, 0.1) is 6.54 Å². The normalized spacial score (nSPS) is 10.0. The Balaban J connectivity index is 2.44. The van der Waals surface area contributed by atoms with Crippen molar-refractivity contribution in [3.63, 3.8) is 0 Å². The largest absolute Gasteiger partial charge is 0.456 e. The van der Waals surface area contributed by atoms with Crippen molar-refractivity contribution in [2.24, 2.45) is 5.73 Å². The first kappa shape index (κ1) is 13.1. The van der Waals surface area contributed by atoms with Gasteiger partial charge in [-0.1, -0.05) is 6.92 Å². The van der Waals surface area contributed by atoms with E-state index in [2.05, 4.69) is 10.1 Å². The molecule has 2 amide bonds. The first-order valence-electron chi connectivity index (χ1n) is 5.34. The second kappa shape index (κ2) is 5.93. The van der Waals surface area contributed by atoms with Gasteiger partial charge in [0.1, 0.15) is 12.4 Å². The summed E-state index contributed by atoms with van der Waals surface area (Å²) < 4.78 is 9.83. The van der Waals surface area contributed by atoms with E-state index in [0.717, 1.165) is 17.7 Å². The molecule has 0 aromatic carbocycles. The molecule has 1 aromatic rings. The molecule has 0 radical (unpaired) electrons. The summed E-state index contributed by atoms with van der Waals surface area (Å²) >= 11 is 0. The Morgan fingerprint density at radius 3 is 2.76 bits per heavy atom. The van der Waals surface area contributed by atoms with Gasteiger partial charge in [-0.05, 0) is 18.6 Å². The molecule has 0 aliphatic heterocycles. The first-order valence-corrected chi connectivity index (χ1v) is 5.34. The number of hydrogen-bond donors (Lipinski definition) is 2. The van der Waals surface area contributed by atoms with Crippen molar-refractivity contribution in [3.8, 4) is 0 Å². The molecule has 1 aromatic heterocycles. The van der Waals surface area contributed by atoms with E-state index in [0.29, 0.717) is 0 Å². The summed E-state index contributed by atoms with van der Waals surface area (Å²) in [6, 6.07) is 1.68. The highest BCUT2D eigenvalue weighted by molar-refractivity contribution is 5.91. The molecule has 0 unspecified atom stereocenters. The fourth-order valence-corrected chi connectivity index (χ4v) is 1.39. The molecule has 0 fully saturated rings. The summed E-state index contributed by atoms with van der Waals surface area (Å²) in [5, 5.41) is 2.55. The number of hydrogen-bond acceptors (Lipinski definition) is 4. The van der Waals surface area contributed by atoms with Gasteiger partial charge in [-0.15, -0.1) is 0 Å². The van der Waals surface area contributed by atoms with Crippen LogP contribution in [0.5, 0.6) is 0 Å². The maximum atomic E-state index is 11.6. The van der Waals surface area contributed by atoms with Gasteiger partial charge in [0, 0.05) is 6.42 Å². The topological polar surface area (TPSA) is 94.6 Å². The fourth-order valence-electron chi connectivity index (χ4n) is 1.39. The number of nitrogens with one attached hydrogen (secondary N) is 1. The van der Waals surface area contributed by atoms with Gasteiger partial charge in [0.15, 0.2) is 5.76 Å².